The second kappa shape index (κ2) is 3.81. The van der Waals surface area contributed by atoms with Gasteiger partial charge in [0.05, 0.1) is 0 Å². The molecule has 1 saturated heterocycles. The van der Waals surface area contributed by atoms with E-state index in [1.165, 1.54) is 16.0 Å². The molecule has 0 aromatic heterocycles. The van der Waals surface area contributed by atoms with E-state index in [1.807, 2.05) is 21.6 Å². The average molecular weight is 208 g/mol. The Morgan fingerprint density at radius 3 is 2.54 bits per heavy atom. The average Bonchev–Trinajstić information content (AvgIpc) is 2.53. The number of aryl methyl sites for hydroxylation is 1. The summed E-state index contributed by atoms with van der Waals surface area (Å²) in [5.74, 6) is 0. The monoisotopic (exact) mass is 208 g/mol. The fraction of sp³-hybridized carbons (Fsp3) is 0.273. The van der Waals surface area contributed by atoms with Crippen LogP contribution in [0.2, 0.25) is 0 Å². The van der Waals surface area contributed by atoms with Crippen LogP contribution in [-0.2, 0) is 0 Å². The van der Waals surface area contributed by atoms with Crippen molar-refractivity contribution in [1.29, 1.82) is 0 Å². The molecule has 68 valence electrons. The maximum absolute atomic E-state index is 3.99. The Balaban J connectivity index is 2.17. The first-order valence-electron chi connectivity index (χ1n) is 4.33. The highest BCUT2D eigenvalue weighted by Gasteiger charge is 2.20. The quantitative estimate of drug-likeness (QED) is 0.630. The molecule has 1 unspecified atom stereocenters. The molecule has 13 heavy (non-hydrogen) atoms. The number of hydrogen-bond donors (Lipinski definition) is 0. The summed E-state index contributed by atoms with van der Waals surface area (Å²) < 4.78 is 0. The van der Waals surface area contributed by atoms with E-state index in [1.54, 1.807) is 0 Å². The zero-order valence-electron chi connectivity index (χ0n) is 7.62. The highest BCUT2D eigenvalue weighted by Crippen LogP contribution is 2.53. The zero-order chi connectivity index (χ0) is 9.26. The molecule has 2 heteroatoms. The van der Waals surface area contributed by atoms with Crippen LogP contribution < -0.4 is 0 Å². The fourth-order valence-electron chi connectivity index (χ4n) is 1.36. The maximum atomic E-state index is 3.99. The standard InChI is InChI=1S/C11H12S2/c1-8-3-5-10(6-4-8)11-7-9(2)12-13-11/h3-6,11H,2,7H2,1H3. The van der Waals surface area contributed by atoms with Crippen molar-refractivity contribution in [1.82, 2.24) is 0 Å². The molecule has 1 fully saturated rings. The summed E-state index contributed by atoms with van der Waals surface area (Å²) in [6.07, 6.45) is 1.12. The second-order valence-corrected chi connectivity index (χ2v) is 5.90. The predicted molar refractivity (Wildman–Crippen MR) is 62.9 cm³/mol. The van der Waals surface area contributed by atoms with E-state index in [0.717, 1.165) is 6.42 Å². The van der Waals surface area contributed by atoms with Gasteiger partial charge in [-0.25, -0.2) is 0 Å². The smallest absolute Gasteiger partial charge is 0.0449 e. The lowest BCUT2D eigenvalue weighted by atomic mass is 10.1. The van der Waals surface area contributed by atoms with Gasteiger partial charge < -0.3 is 0 Å². The first-order chi connectivity index (χ1) is 6.25. The Morgan fingerprint density at radius 2 is 2.00 bits per heavy atom. The Kier molecular flexibility index (Phi) is 2.70. The molecule has 0 amide bonds. The minimum atomic E-state index is 0.623. The molecule has 0 nitrogen and oxygen atoms in total. The molecule has 1 aromatic rings. The molecule has 0 radical (unpaired) electrons. The topological polar surface area (TPSA) is 0 Å². The van der Waals surface area contributed by atoms with Crippen LogP contribution >= 0.6 is 21.6 Å². The second-order valence-electron chi connectivity index (χ2n) is 3.32. The third-order valence-corrected chi connectivity index (χ3v) is 5.01. The van der Waals surface area contributed by atoms with Gasteiger partial charge in [0.25, 0.3) is 0 Å². The van der Waals surface area contributed by atoms with Gasteiger partial charge in [-0.15, -0.1) is 0 Å². The lowest BCUT2D eigenvalue weighted by Crippen LogP contribution is -1.87. The Labute approximate surface area is 87.2 Å². The maximum Gasteiger partial charge on any atom is 0.0449 e. The van der Waals surface area contributed by atoms with Crippen molar-refractivity contribution >= 4 is 21.6 Å². The minimum Gasteiger partial charge on any atom is -0.0886 e. The molecular weight excluding hydrogens is 196 g/mol. The van der Waals surface area contributed by atoms with Crippen molar-refractivity contribution in [2.24, 2.45) is 0 Å². The highest BCUT2D eigenvalue weighted by molar-refractivity contribution is 8.78. The third kappa shape index (κ3) is 2.12. The minimum absolute atomic E-state index is 0.623. The van der Waals surface area contributed by atoms with Gasteiger partial charge in [-0.05, 0) is 23.8 Å². The Hall–Kier alpha value is -0.340. The first kappa shape index (κ1) is 9.22. The van der Waals surface area contributed by atoms with Crippen molar-refractivity contribution < 1.29 is 0 Å². The van der Waals surface area contributed by atoms with Gasteiger partial charge in [-0.3, -0.25) is 0 Å². The predicted octanol–water partition coefficient (Wildman–Crippen LogP) is 4.33. The molecule has 1 aliphatic heterocycles. The van der Waals surface area contributed by atoms with Crippen LogP contribution in [-0.4, -0.2) is 0 Å². The molecule has 0 aliphatic carbocycles. The van der Waals surface area contributed by atoms with Crippen LogP contribution in [0.25, 0.3) is 0 Å². The lowest BCUT2D eigenvalue weighted by Gasteiger charge is -2.06. The first-order valence-corrected chi connectivity index (χ1v) is 6.54. The summed E-state index contributed by atoms with van der Waals surface area (Å²) in [5, 5.41) is 0.623. The van der Waals surface area contributed by atoms with Gasteiger partial charge in [-0.1, -0.05) is 58.0 Å². The number of allylic oxidation sites excluding steroid dienone is 1. The van der Waals surface area contributed by atoms with E-state index in [9.17, 15) is 0 Å². The Morgan fingerprint density at radius 1 is 1.31 bits per heavy atom. The molecule has 0 bridgehead atoms. The van der Waals surface area contributed by atoms with E-state index in [2.05, 4.69) is 37.8 Å². The molecule has 0 saturated carbocycles. The van der Waals surface area contributed by atoms with Gasteiger partial charge in [0.15, 0.2) is 0 Å². The molecule has 0 spiro atoms. The molecule has 1 heterocycles. The molecule has 1 aliphatic rings. The molecule has 1 aromatic carbocycles. The molecule has 1 atom stereocenters. The lowest BCUT2D eigenvalue weighted by molar-refractivity contribution is 0.976. The van der Waals surface area contributed by atoms with Crippen molar-refractivity contribution in [2.45, 2.75) is 18.6 Å². The summed E-state index contributed by atoms with van der Waals surface area (Å²) in [6, 6.07) is 8.82. The summed E-state index contributed by atoms with van der Waals surface area (Å²) in [5.41, 5.74) is 2.76. The van der Waals surface area contributed by atoms with Crippen LogP contribution in [0.1, 0.15) is 22.8 Å². The third-order valence-electron chi connectivity index (χ3n) is 2.14. The molecular formula is C11H12S2. The van der Waals surface area contributed by atoms with Gasteiger partial charge in [0, 0.05) is 5.25 Å². The largest absolute Gasteiger partial charge is 0.0886 e. The van der Waals surface area contributed by atoms with E-state index >= 15 is 0 Å². The Bertz CT molecular complexity index is 313. The zero-order valence-corrected chi connectivity index (χ0v) is 9.25. The van der Waals surface area contributed by atoms with E-state index < -0.39 is 0 Å². The van der Waals surface area contributed by atoms with Crippen LogP contribution in [0, 0.1) is 6.92 Å². The van der Waals surface area contributed by atoms with E-state index in [-0.39, 0.29) is 0 Å². The van der Waals surface area contributed by atoms with Crippen molar-refractivity contribution in [3.63, 3.8) is 0 Å². The normalized spacial score (nSPS) is 22.2. The van der Waals surface area contributed by atoms with Crippen LogP contribution in [0.15, 0.2) is 35.7 Å². The van der Waals surface area contributed by atoms with E-state index in [0.29, 0.717) is 5.25 Å². The van der Waals surface area contributed by atoms with E-state index in [4.69, 9.17) is 0 Å². The van der Waals surface area contributed by atoms with Crippen molar-refractivity contribution in [2.75, 3.05) is 0 Å². The fourth-order valence-corrected chi connectivity index (χ4v) is 3.98. The summed E-state index contributed by atoms with van der Waals surface area (Å²) in [7, 11) is 3.75. The van der Waals surface area contributed by atoms with Crippen LogP contribution in [0.4, 0.5) is 0 Å². The number of rotatable bonds is 1. The highest BCUT2D eigenvalue weighted by atomic mass is 33.1. The van der Waals surface area contributed by atoms with Gasteiger partial charge in [0.1, 0.15) is 0 Å². The van der Waals surface area contributed by atoms with Gasteiger partial charge in [-0.2, -0.15) is 0 Å². The van der Waals surface area contributed by atoms with Gasteiger partial charge >= 0.3 is 0 Å². The number of hydrogen-bond acceptors (Lipinski definition) is 2. The van der Waals surface area contributed by atoms with Crippen LogP contribution in [0.5, 0.6) is 0 Å². The SMILES string of the molecule is C=C1CC(c2ccc(C)cc2)SS1. The summed E-state index contributed by atoms with van der Waals surface area (Å²) in [4.78, 5) is 1.30. The number of benzene rings is 1. The van der Waals surface area contributed by atoms with Crippen molar-refractivity contribution in [3.8, 4) is 0 Å². The molecule has 0 N–H and O–H groups in total. The van der Waals surface area contributed by atoms with Crippen LogP contribution in [0.3, 0.4) is 0 Å². The summed E-state index contributed by atoms with van der Waals surface area (Å²) >= 11 is 0. The summed E-state index contributed by atoms with van der Waals surface area (Å²) in [6.45, 7) is 6.11. The van der Waals surface area contributed by atoms with Crippen molar-refractivity contribution in [3.05, 3.63) is 46.9 Å². The molecule has 2 rings (SSSR count). The van der Waals surface area contributed by atoms with Gasteiger partial charge in [0.2, 0.25) is 0 Å².